The molecule has 1 aromatic heterocycles. The van der Waals surface area contributed by atoms with Crippen LogP contribution in [0.2, 0.25) is 0 Å². The Labute approximate surface area is 97.5 Å². The molecule has 2 nitrogen and oxygen atoms in total. The number of rotatable bonds is 1. The summed E-state index contributed by atoms with van der Waals surface area (Å²) in [7, 11) is 0. The highest BCUT2D eigenvalue weighted by Gasteiger charge is 2.52. The lowest BCUT2D eigenvalue weighted by atomic mass is 10.2. The van der Waals surface area contributed by atoms with Crippen LogP contribution in [-0.4, -0.2) is 18.1 Å². The Morgan fingerprint density at radius 3 is 2.47 bits per heavy atom. The van der Waals surface area contributed by atoms with Gasteiger partial charge in [-0.05, 0) is 23.8 Å². The third kappa shape index (κ3) is 1.77. The van der Waals surface area contributed by atoms with Crippen molar-refractivity contribution >= 4 is 5.69 Å². The first-order valence-electron chi connectivity index (χ1n) is 5.74. The van der Waals surface area contributed by atoms with Crippen LogP contribution < -0.4 is 4.90 Å². The van der Waals surface area contributed by atoms with E-state index in [9.17, 15) is 13.2 Å². The molecular weight excluding hydrogens is 229 g/mol. The lowest BCUT2D eigenvalue weighted by molar-refractivity contribution is -0.137. The fraction of sp³-hybridized carbons (Fsp3) is 0.583. The molecule has 0 amide bonds. The van der Waals surface area contributed by atoms with Gasteiger partial charge < -0.3 is 4.90 Å². The van der Waals surface area contributed by atoms with Crippen LogP contribution in [0.1, 0.15) is 12.5 Å². The Balaban J connectivity index is 1.80. The molecule has 5 heteroatoms. The molecule has 1 saturated carbocycles. The first-order chi connectivity index (χ1) is 7.97. The highest BCUT2D eigenvalue weighted by Crippen LogP contribution is 2.52. The number of alkyl halides is 3. The zero-order chi connectivity index (χ0) is 12.2. The van der Waals surface area contributed by atoms with Crippen LogP contribution in [0.5, 0.6) is 0 Å². The second kappa shape index (κ2) is 3.37. The van der Waals surface area contributed by atoms with E-state index in [4.69, 9.17) is 0 Å². The Kier molecular flexibility index (Phi) is 2.15. The molecule has 0 bridgehead atoms. The second-order valence-corrected chi connectivity index (χ2v) is 5.02. The Morgan fingerprint density at radius 1 is 1.24 bits per heavy atom. The standard InChI is InChI=1S/C12H13F3N2/c1-7-10-5-17(6-11(7)10)9-2-8(3-16-4-9)12(13,14)15/h2-4,7,10-11H,5-6H2,1H3. The summed E-state index contributed by atoms with van der Waals surface area (Å²) in [5, 5.41) is 0. The fourth-order valence-electron chi connectivity index (χ4n) is 2.79. The minimum Gasteiger partial charge on any atom is -0.370 e. The van der Waals surface area contributed by atoms with Crippen LogP contribution in [0.4, 0.5) is 18.9 Å². The van der Waals surface area contributed by atoms with Gasteiger partial charge in [0.15, 0.2) is 0 Å². The summed E-state index contributed by atoms with van der Waals surface area (Å²) in [6.45, 7) is 3.95. The first kappa shape index (κ1) is 10.9. The summed E-state index contributed by atoms with van der Waals surface area (Å²) in [4.78, 5) is 5.70. The SMILES string of the molecule is CC1C2CN(c3cncc(C(F)(F)F)c3)CC12. The topological polar surface area (TPSA) is 16.1 Å². The summed E-state index contributed by atoms with van der Waals surface area (Å²) in [5.74, 6) is 2.08. The van der Waals surface area contributed by atoms with E-state index in [1.165, 1.54) is 12.3 Å². The van der Waals surface area contributed by atoms with E-state index in [1.807, 2.05) is 4.90 Å². The second-order valence-electron chi connectivity index (χ2n) is 5.02. The van der Waals surface area contributed by atoms with Gasteiger partial charge in [0.25, 0.3) is 0 Å². The van der Waals surface area contributed by atoms with Crippen molar-refractivity contribution in [3.8, 4) is 0 Å². The van der Waals surface area contributed by atoms with E-state index >= 15 is 0 Å². The predicted molar refractivity (Wildman–Crippen MR) is 57.6 cm³/mol. The monoisotopic (exact) mass is 242 g/mol. The van der Waals surface area contributed by atoms with Gasteiger partial charge in [-0.15, -0.1) is 0 Å². The molecule has 92 valence electrons. The van der Waals surface area contributed by atoms with Crippen molar-refractivity contribution in [1.82, 2.24) is 4.98 Å². The third-order valence-electron chi connectivity index (χ3n) is 4.04. The molecule has 2 atom stereocenters. The molecule has 0 N–H and O–H groups in total. The minimum atomic E-state index is -4.31. The van der Waals surface area contributed by atoms with Crippen LogP contribution >= 0.6 is 0 Å². The summed E-state index contributed by atoms with van der Waals surface area (Å²) in [5.41, 5.74) is -0.0668. The van der Waals surface area contributed by atoms with E-state index in [2.05, 4.69) is 11.9 Å². The number of pyridine rings is 1. The van der Waals surface area contributed by atoms with Crippen LogP contribution in [0.3, 0.4) is 0 Å². The quantitative estimate of drug-likeness (QED) is 0.752. The minimum absolute atomic E-state index is 0.597. The number of hydrogen-bond acceptors (Lipinski definition) is 2. The lowest BCUT2D eigenvalue weighted by Crippen LogP contribution is -2.24. The van der Waals surface area contributed by atoms with Gasteiger partial charge in [0, 0.05) is 19.3 Å². The zero-order valence-electron chi connectivity index (χ0n) is 9.41. The molecule has 2 heterocycles. The molecule has 1 saturated heterocycles. The van der Waals surface area contributed by atoms with Crippen molar-refractivity contribution in [3.05, 3.63) is 24.0 Å². The van der Waals surface area contributed by atoms with Crippen LogP contribution in [0.25, 0.3) is 0 Å². The van der Waals surface area contributed by atoms with Gasteiger partial charge in [-0.1, -0.05) is 6.92 Å². The summed E-state index contributed by atoms with van der Waals surface area (Å²) >= 11 is 0. The maximum Gasteiger partial charge on any atom is 0.417 e. The van der Waals surface area contributed by atoms with Crippen LogP contribution in [0, 0.1) is 17.8 Å². The smallest absolute Gasteiger partial charge is 0.370 e. The van der Waals surface area contributed by atoms with Crippen molar-refractivity contribution in [2.45, 2.75) is 13.1 Å². The molecule has 17 heavy (non-hydrogen) atoms. The average Bonchev–Trinajstić information content (AvgIpc) is 2.75. The highest BCUT2D eigenvalue weighted by atomic mass is 19.4. The Hall–Kier alpha value is -1.26. The maximum atomic E-state index is 12.5. The molecule has 1 aromatic rings. The molecule has 1 aliphatic carbocycles. The summed E-state index contributed by atoms with van der Waals surface area (Å²) < 4.78 is 37.6. The molecular formula is C12H13F3N2. The number of hydrogen-bond donors (Lipinski definition) is 0. The summed E-state index contributed by atoms with van der Waals surface area (Å²) in [6.07, 6.45) is -1.91. The number of fused-ring (bicyclic) bond motifs is 1. The summed E-state index contributed by atoms with van der Waals surface area (Å²) in [6, 6.07) is 1.20. The third-order valence-corrected chi connectivity index (χ3v) is 4.04. The van der Waals surface area contributed by atoms with E-state index in [1.54, 1.807) is 0 Å². The van der Waals surface area contributed by atoms with Gasteiger partial charge in [0.05, 0.1) is 17.4 Å². The normalized spacial score (nSPS) is 31.5. The number of anilines is 1. The number of nitrogens with zero attached hydrogens (tertiary/aromatic N) is 2. The van der Waals surface area contributed by atoms with Gasteiger partial charge in [-0.25, -0.2) is 0 Å². The van der Waals surface area contributed by atoms with Crippen molar-refractivity contribution in [3.63, 3.8) is 0 Å². The average molecular weight is 242 g/mol. The van der Waals surface area contributed by atoms with Crippen molar-refractivity contribution in [2.75, 3.05) is 18.0 Å². The molecule has 3 rings (SSSR count). The van der Waals surface area contributed by atoms with E-state index < -0.39 is 11.7 Å². The predicted octanol–water partition coefficient (Wildman–Crippen LogP) is 2.80. The van der Waals surface area contributed by atoms with Crippen LogP contribution in [-0.2, 0) is 6.18 Å². The number of halogens is 3. The molecule has 2 fully saturated rings. The molecule has 2 unspecified atom stereocenters. The zero-order valence-corrected chi connectivity index (χ0v) is 9.41. The van der Waals surface area contributed by atoms with E-state index in [-0.39, 0.29) is 0 Å². The van der Waals surface area contributed by atoms with Gasteiger partial charge in [0.2, 0.25) is 0 Å². The molecule has 1 aliphatic heterocycles. The van der Waals surface area contributed by atoms with Gasteiger partial charge in [-0.3, -0.25) is 4.98 Å². The van der Waals surface area contributed by atoms with E-state index in [0.717, 1.165) is 25.2 Å². The van der Waals surface area contributed by atoms with Crippen LogP contribution in [0.15, 0.2) is 18.5 Å². The number of aromatic nitrogens is 1. The molecule has 0 spiro atoms. The largest absolute Gasteiger partial charge is 0.417 e. The highest BCUT2D eigenvalue weighted by molar-refractivity contribution is 5.49. The van der Waals surface area contributed by atoms with Gasteiger partial charge in [-0.2, -0.15) is 13.2 Å². The van der Waals surface area contributed by atoms with Crippen molar-refractivity contribution < 1.29 is 13.2 Å². The molecule has 0 radical (unpaired) electrons. The lowest BCUT2D eigenvalue weighted by Gasteiger charge is -2.21. The first-order valence-corrected chi connectivity index (χ1v) is 5.74. The molecule has 0 aromatic carbocycles. The van der Waals surface area contributed by atoms with Gasteiger partial charge >= 0.3 is 6.18 Å². The van der Waals surface area contributed by atoms with E-state index in [0.29, 0.717) is 17.5 Å². The Bertz CT molecular complexity index is 432. The van der Waals surface area contributed by atoms with Crippen molar-refractivity contribution in [1.29, 1.82) is 0 Å². The van der Waals surface area contributed by atoms with Crippen molar-refractivity contribution in [2.24, 2.45) is 17.8 Å². The Morgan fingerprint density at radius 2 is 1.88 bits per heavy atom. The maximum absolute atomic E-state index is 12.5. The van der Waals surface area contributed by atoms with Gasteiger partial charge in [0.1, 0.15) is 0 Å². The molecule has 2 aliphatic rings. The number of piperidine rings is 1. The fourth-order valence-corrected chi connectivity index (χ4v) is 2.79.